The molecule has 0 aliphatic carbocycles. The molecule has 1 amide bonds. The van der Waals surface area contributed by atoms with Gasteiger partial charge >= 0.3 is 0 Å². The number of sulfonamides is 1. The van der Waals surface area contributed by atoms with Gasteiger partial charge in [0.1, 0.15) is 12.4 Å². The Morgan fingerprint density at radius 3 is 2.52 bits per heavy atom. The number of aryl methyl sites for hydroxylation is 1. The Labute approximate surface area is 196 Å². The maximum absolute atomic E-state index is 13.3. The van der Waals surface area contributed by atoms with Crippen LogP contribution in [0.2, 0.25) is 0 Å². The maximum atomic E-state index is 13.3. The lowest BCUT2D eigenvalue weighted by molar-refractivity contribution is 0.0281. The summed E-state index contributed by atoms with van der Waals surface area (Å²) in [5, 5.41) is 3.44. The van der Waals surface area contributed by atoms with Crippen molar-refractivity contribution in [1.82, 2.24) is 10.2 Å². The first-order chi connectivity index (χ1) is 15.6. The zero-order valence-corrected chi connectivity index (χ0v) is 20.6. The molecule has 33 heavy (non-hydrogen) atoms. The van der Waals surface area contributed by atoms with Crippen LogP contribution < -0.4 is 14.8 Å². The topological polar surface area (TPSA) is 97.0 Å². The molecule has 0 unspecified atom stereocenters. The minimum atomic E-state index is -3.80. The van der Waals surface area contributed by atoms with E-state index in [0.717, 1.165) is 12.1 Å². The van der Waals surface area contributed by atoms with Crippen molar-refractivity contribution < 1.29 is 22.7 Å². The summed E-state index contributed by atoms with van der Waals surface area (Å²) < 4.78 is 39.8. The molecule has 1 heterocycles. The highest BCUT2D eigenvalue weighted by molar-refractivity contribution is 7.92. The van der Waals surface area contributed by atoms with E-state index in [1.165, 1.54) is 6.07 Å². The fourth-order valence-corrected chi connectivity index (χ4v) is 4.70. The van der Waals surface area contributed by atoms with Gasteiger partial charge in [-0.2, -0.15) is 0 Å². The average molecular weight is 476 g/mol. The second kappa shape index (κ2) is 10.5. The van der Waals surface area contributed by atoms with Gasteiger partial charge in [-0.1, -0.05) is 24.6 Å². The first-order valence-electron chi connectivity index (χ1n) is 11.0. The lowest BCUT2D eigenvalue weighted by Crippen LogP contribution is -2.44. The number of methoxy groups -OCH3 is 1. The van der Waals surface area contributed by atoms with Crippen molar-refractivity contribution >= 4 is 21.6 Å². The van der Waals surface area contributed by atoms with Crippen LogP contribution in [-0.4, -0.2) is 65.2 Å². The first kappa shape index (κ1) is 25.0. The van der Waals surface area contributed by atoms with Gasteiger partial charge in [-0.15, -0.1) is 0 Å². The summed E-state index contributed by atoms with van der Waals surface area (Å²) in [6, 6.07) is 11.4. The predicted molar refractivity (Wildman–Crippen MR) is 128 cm³/mol. The third-order valence-electron chi connectivity index (χ3n) is 5.81. The Kier molecular flexibility index (Phi) is 7.99. The highest BCUT2D eigenvalue weighted by Gasteiger charge is 2.26. The number of rotatable bonds is 4. The van der Waals surface area contributed by atoms with E-state index >= 15 is 0 Å². The molecular formula is C24H33N3O5S. The van der Waals surface area contributed by atoms with E-state index in [9.17, 15) is 13.2 Å². The minimum absolute atomic E-state index is 0.0600. The van der Waals surface area contributed by atoms with E-state index in [2.05, 4.69) is 17.0 Å². The number of carbonyl (C=O) groups excluding carboxylic acids is 1. The van der Waals surface area contributed by atoms with Crippen molar-refractivity contribution in [2.75, 3.05) is 38.6 Å². The first-order valence-corrected chi connectivity index (χ1v) is 12.5. The fraction of sp³-hybridized carbons (Fsp3) is 0.458. The Hall–Kier alpha value is -2.62. The number of amides is 1. The van der Waals surface area contributed by atoms with E-state index < -0.39 is 10.0 Å². The van der Waals surface area contributed by atoms with Gasteiger partial charge < -0.3 is 19.7 Å². The zero-order chi connectivity index (χ0) is 24.2. The van der Waals surface area contributed by atoms with Crippen molar-refractivity contribution in [2.24, 2.45) is 5.92 Å². The number of hydrogen-bond donors (Lipinski definition) is 2. The van der Waals surface area contributed by atoms with Crippen LogP contribution in [0.3, 0.4) is 0 Å². The van der Waals surface area contributed by atoms with E-state index in [1.54, 1.807) is 55.5 Å². The molecule has 3 atom stereocenters. The van der Waals surface area contributed by atoms with Crippen LogP contribution >= 0.6 is 0 Å². The molecule has 0 saturated heterocycles. The van der Waals surface area contributed by atoms with Crippen LogP contribution in [0, 0.1) is 12.8 Å². The van der Waals surface area contributed by atoms with Gasteiger partial charge in [0.2, 0.25) is 0 Å². The lowest BCUT2D eigenvalue weighted by Gasteiger charge is -2.30. The molecule has 0 aromatic heterocycles. The number of nitrogens with zero attached hydrogens (tertiary/aromatic N) is 1. The molecular weight excluding hydrogens is 442 g/mol. The second-order valence-corrected chi connectivity index (χ2v) is 10.4. The molecule has 9 heteroatoms. The van der Waals surface area contributed by atoms with Crippen molar-refractivity contribution in [2.45, 2.75) is 37.8 Å². The summed E-state index contributed by atoms with van der Waals surface area (Å²) in [7, 11) is -0.455. The van der Waals surface area contributed by atoms with Crippen LogP contribution in [0.15, 0.2) is 47.4 Å². The third-order valence-corrected chi connectivity index (χ3v) is 7.21. The molecule has 1 aliphatic rings. The number of hydrogen-bond acceptors (Lipinski definition) is 6. The van der Waals surface area contributed by atoms with Gasteiger partial charge in [0.25, 0.3) is 15.9 Å². The number of likely N-dealkylation sites (N-methyl/N-ethyl adjacent to an activating group) is 1. The minimum Gasteiger partial charge on any atom is -0.491 e. The van der Waals surface area contributed by atoms with Crippen LogP contribution in [0.1, 0.15) is 29.8 Å². The van der Waals surface area contributed by atoms with Gasteiger partial charge in [-0.05, 0) is 50.1 Å². The molecule has 0 fully saturated rings. The quantitative estimate of drug-likeness (QED) is 0.706. The Balaban J connectivity index is 1.93. The Morgan fingerprint density at radius 1 is 1.15 bits per heavy atom. The van der Waals surface area contributed by atoms with E-state index in [-0.39, 0.29) is 40.1 Å². The van der Waals surface area contributed by atoms with Crippen molar-refractivity contribution in [3.05, 3.63) is 53.6 Å². The van der Waals surface area contributed by atoms with Crippen molar-refractivity contribution in [3.63, 3.8) is 0 Å². The summed E-state index contributed by atoms with van der Waals surface area (Å²) in [5.74, 6) is 0.317. The standard InChI is InChI=1S/C24H33N3O5S/c1-16-6-9-20(10-7-16)33(29,30)26-19-8-11-22-21(12-19)24(28)27(4)14-23(31-5)17(2)13-25-18(3)15-32-22/h6-12,17-18,23,25-26H,13-15H2,1-5H3/t17-,18+,23-/m1/s1. The summed E-state index contributed by atoms with van der Waals surface area (Å²) in [6.07, 6.45) is -0.148. The van der Waals surface area contributed by atoms with Gasteiger partial charge in [0.05, 0.1) is 16.6 Å². The van der Waals surface area contributed by atoms with Crippen LogP contribution in [-0.2, 0) is 14.8 Å². The maximum Gasteiger partial charge on any atom is 0.261 e. The zero-order valence-electron chi connectivity index (χ0n) is 19.8. The number of ether oxygens (including phenoxy) is 2. The number of fused-ring (bicyclic) bond motifs is 1. The van der Waals surface area contributed by atoms with Crippen LogP contribution in [0.5, 0.6) is 5.75 Å². The predicted octanol–water partition coefficient (Wildman–Crippen LogP) is 2.89. The normalized spacial score (nSPS) is 22.5. The van der Waals surface area contributed by atoms with E-state index in [0.29, 0.717) is 18.9 Å². The lowest BCUT2D eigenvalue weighted by atomic mass is 10.0. The smallest absolute Gasteiger partial charge is 0.261 e. The van der Waals surface area contributed by atoms with Crippen molar-refractivity contribution in [3.8, 4) is 5.75 Å². The van der Waals surface area contributed by atoms with Gasteiger partial charge in [-0.3, -0.25) is 9.52 Å². The molecule has 0 spiro atoms. The third kappa shape index (κ3) is 6.25. The van der Waals surface area contributed by atoms with Gasteiger partial charge in [0.15, 0.2) is 0 Å². The summed E-state index contributed by atoms with van der Waals surface area (Å²) in [4.78, 5) is 15.1. The largest absolute Gasteiger partial charge is 0.491 e. The van der Waals surface area contributed by atoms with E-state index in [1.807, 2.05) is 13.8 Å². The molecule has 2 aromatic carbocycles. The Bertz CT molecular complexity index is 1070. The SMILES string of the molecule is CO[C@@H]1CN(C)C(=O)c2cc(NS(=O)(=O)c3ccc(C)cc3)ccc2OC[C@H](C)NC[C@H]1C. The number of carbonyl (C=O) groups is 1. The van der Waals surface area contributed by atoms with Gasteiger partial charge in [-0.25, -0.2) is 8.42 Å². The molecule has 2 aromatic rings. The van der Waals surface area contributed by atoms with Crippen LogP contribution in [0.4, 0.5) is 5.69 Å². The number of benzene rings is 2. The Morgan fingerprint density at radius 2 is 1.85 bits per heavy atom. The average Bonchev–Trinajstić information content (AvgIpc) is 2.78. The summed E-state index contributed by atoms with van der Waals surface area (Å²) in [5.41, 5.74) is 1.54. The molecule has 180 valence electrons. The molecule has 3 rings (SSSR count). The number of anilines is 1. The summed E-state index contributed by atoms with van der Waals surface area (Å²) in [6.45, 7) is 7.47. The highest BCUT2D eigenvalue weighted by Crippen LogP contribution is 2.27. The van der Waals surface area contributed by atoms with Crippen LogP contribution in [0.25, 0.3) is 0 Å². The molecule has 1 aliphatic heterocycles. The molecule has 0 bridgehead atoms. The van der Waals surface area contributed by atoms with Crippen molar-refractivity contribution in [1.29, 1.82) is 0 Å². The molecule has 0 radical (unpaired) electrons. The highest BCUT2D eigenvalue weighted by atomic mass is 32.2. The van der Waals surface area contributed by atoms with Gasteiger partial charge in [0, 0.05) is 39.0 Å². The molecule has 8 nitrogen and oxygen atoms in total. The van der Waals surface area contributed by atoms with E-state index in [4.69, 9.17) is 9.47 Å². The molecule has 2 N–H and O–H groups in total. The number of nitrogens with one attached hydrogen (secondary N) is 2. The second-order valence-electron chi connectivity index (χ2n) is 8.69. The summed E-state index contributed by atoms with van der Waals surface area (Å²) >= 11 is 0. The molecule has 0 saturated carbocycles. The fourth-order valence-electron chi connectivity index (χ4n) is 3.66. The monoisotopic (exact) mass is 475 g/mol.